The van der Waals surface area contributed by atoms with Gasteiger partial charge >= 0.3 is 0 Å². The molecule has 0 spiro atoms. The molecule has 0 unspecified atom stereocenters. The average Bonchev–Trinajstić information content (AvgIpc) is 2.83. The second-order valence-electron chi connectivity index (χ2n) is 4.47. The van der Waals surface area contributed by atoms with Gasteiger partial charge in [0.1, 0.15) is 5.75 Å². The summed E-state index contributed by atoms with van der Waals surface area (Å²) in [5, 5.41) is 4.86. The number of aryl methyl sites for hydroxylation is 1. The number of amides is 1. The number of nitrogens with zero attached hydrogens (tertiary/aromatic N) is 3. The molecule has 0 aliphatic heterocycles. The highest BCUT2D eigenvalue weighted by Gasteiger charge is 2.11. The highest BCUT2D eigenvalue weighted by atomic mass is 35.5. The monoisotopic (exact) mass is 293 g/mol. The van der Waals surface area contributed by atoms with Gasteiger partial charge in [-0.1, -0.05) is 11.6 Å². The molecule has 5 nitrogen and oxygen atoms in total. The number of carbonyl (C=O) groups is 1. The van der Waals surface area contributed by atoms with Crippen molar-refractivity contribution in [1.82, 2.24) is 14.7 Å². The normalized spacial score (nSPS) is 10.3. The fourth-order valence-electron chi connectivity index (χ4n) is 1.66. The summed E-state index contributed by atoms with van der Waals surface area (Å²) in [6.45, 7) is 0.453. The lowest BCUT2D eigenvalue weighted by Gasteiger charge is -2.16. The fourth-order valence-corrected chi connectivity index (χ4v) is 1.79. The van der Waals surface area contributed by atoms with Crippen molar-refractivity contribution in [3.63, 3.8) is 0 Å². The van der Waals surface area contributed by atoms with Crippen LogP contribution in [0.4, 0.5) is 0 Å². The number of hydrogen-bond acceptors (Lipinski definition) is 3. The first kappa shape index (κ1) is 14.4. The van der Waals surface area contributed by atoms with Crippen molar-refractivity contribution in [2.75, 3.05) is 13.7 Å². The van der Waals surface area contributed by atoms with Crippen LogP contribution in [0.2, 0.25) is 5.02 Å². The highest BCUT2D eigenvalue weighted by Crippen LogP contribution is 2.15. The van der Waals surface area contributed by atoms with Crippen molar-refractivity contribution < 1.29 is 9.53 Å². The summed E-state index contributed by atoms with van der Waals surface area (Å²) in [5.74, 6) is 0.514. The summed E-state index contributed by atoms with van der Waals surface area (Å²) in [6.07, 6.45) is 1.85. The largest absolute Gasteiger partial charge is 0.484 e. The van der Waals surface area contributed by atoms with E-state index in [0.29, 0.717) is 17.3 Å². The third kappa shape index (κ3) is 3.99. The molecule has 0 N–H and O–H groups in total. The zero-order valence-electron chi connectivity index (χ0n) is 11.4. The molecule has 0 aliphatic rings. The standard InChI is InChI=1S/C14H16ClN3O2/c1-17(9-12-7-8-18(2)16-12)14(19)10-20-13-5-3-11(15)4-6-13/h3-8H,9-10H2,1-2H3. The zero-order valence-corrected chi connectivity index (χ0v) is 12.2. The molecule has 1 aromatic heterocycles. The van der Waals surface area contributed by atoms with Crippen LogP contribution in [-0.4, -0.2) is 34.2 Å². The Morgan fingerprint density at radius 2 is 2.05 bits per heavy atom. The molecule has 2 rings (SSSR count). The van der Waals surface area contributed by atoms with Crippen LogP contribution in [0.15, 0.2) is 36.5 Å². The number of benzene rings is 1. The molecule has 20 heavy (non-hydrogen) atoms. The quantitative estimate of drug-likeness (QED) is 0.848. The van der Waals surface area contributed by atoms with Crippen molar-refractivity contribution in [2.45, 2.75) is 6.54 Å². The lowest BCUT2D eigenvalue weighted by molar-refractivity contribution is -0.132. The van der Waals surface area contributed by atoms with Crippen LogP contribution in [0.3, 0.4) is 0 Å². The minimum Gasteiger partial charge on any atom is -0.484 e. The summed E-state index contributed by atoms with van der Waals surface area (Å²) < 4.78 is 7.12. The summed E-state index contributed by atoms with van der Waals surface area (Å²) in [7, 11) is 3.57. The van der Waals surface area contributed by atoms with E-state index in [-0.39, 0.29) is 12.5 Å². The minimum absolute atomic E-state index is 0.00896. The number of carbonyl (C=O) groups excluding carboxylic acids is 1. The molecule has 0 fully saturated rings. The number of rotatable bonds is 5. The van der Waals surface area contributed by atoms with Gasteiger partial charge in [0.2, 0.25) is 0 Å². The number of likely N-dealkylation sites (N-methyl/N-ethyl adjacent to an activating group) is 1. The molecule has 2 aromatic rings. The number of hydrogen-bond donors (Lipinski definition) is 0. The lowest BCUT2D eigenvalue weighted by Crippen LogP contribution is -2.31. The van der Waals surface area contributed by atoms with Gasteiger partial charge in [-0.25, -0.2) is 0 Å². The van der Waals surface area contributed by atoms with E-state index in [9.17, 15) is 4.79 Å². The Kier molecular flexibility index (Phi) is 4.63. The van der Waals surface area contributed by atoms with Crippen molar-refractivity contribution in [1.29, 1.82) is 0 Å². The van der Waals surface area contributed by atoms with E-state index in [4.69, 9.17) is 16.3 Å². The Hall–Kier alpha value is -2.01. The average molecular weight is 294 g/mol. The van der Waals surface area contributed by atoms with Crippen LogP contribution in [0.25, 0.3) is 0 Å². The van der Waals surface area contributed by atoms with Crippen LogP contribution >= 0.6 is 11.6 Å². The fraction of sp³-hybridized carbons (Fsp3) is 0.286. The van der Waals surface area contributed by atoms with Crippen molar-refractivity contribution in [3.05, 3.63) is 47.2 Å². The van der Waals surface area contributed by atoms with Gasteiger partial charge in [0.05, 0.1) is 12.2 Å². The van der Waals surface area contributed by atoms with E-state index in [1.165, 1.54) is 0 Å². The van der Waals surface area contributed by atoms with Gasteiger partial charge in [-0.3, -0.25) is 9.48 Å². The molecular formula is C14H16ClN3O2. The molecule has 0 radical (unpaired) electrons. The van der Waals surface area contributed by atoms with E-state index >= 15 is 0 Å². The Bertz CT molecular complexity index is 580. The summed E-state index contributed by atoms with van der Waals surface area (Å²) in [6, 6.07) is 8.78. The molecule has 1 aromatic carbocycles. The second kappa shape index (κ2) is 6.43. The van der Waals surface area contributed by atoms with E-state index in [0.717, 1.165) is 5.69 Å². The third-order valence-electron chi connectivity index (χ3n) is 2.77. The zero-order chi connectivity index (χ0) is 14.5. The topological polar surface area (TPSA) is 47.4 Å². The molecule has 106 valence electrons. The van der Waals surface area contributed by atoms with Crippen LogP contribution in [0.5, 0.6) is 5.75 Å². The molecule has 0 saturated heterocycles. The van der Waals surface area contributed by atoms with Crippen molar-refractivity contribution in [2.24, 2.45) is 7.05 Å². The molecule has 1 amide bonds. The molecule has 0 aliphatic carbocycles. The molecular weight excluding hydrogens is 278 g/mol. The highest BCUT2D eigenvalue weighted by molar-refractivity contribution is 6.30. The molecule has 6 heteroatoms. The lowest BCUT2D eigenvalue weighted by atomic mass is 10.3. The SMILES string of the molecule is CN(Cc1ccn(C)n1)C(=O)COc1ccc(Cl)cc1. The van der Waals surface area contributed by atoms with Crippen molar-refractivity contribution in [3.8, 4) is 5.75 Å². The van der Waals surface area contributed by atoms with Crippen LogP contribution in [0, 0.1) is 0 Å². The number of aromatic nitrogens is 2. The Balaban J connectivity index is 1.83. The summed E-state index contributed by atoms with van der Waals surface area (Å²) in [4.78, 5) is 13.5. The molecule has 0 bridgehead atoms. The van der Waals surface area contributed by atoms with Gasteiger partial charge in [0.25, 0.3) is 5.91 Å². The first-order valence-electron chi connectivity index (χ1n) is 6.15. The maximum Gasteiger partial charge on any atom is 0.260 e. The van der Waals surface area contributed by atoms with Gasteiger partial charge in [0.15, 0.2) is 6.61 Å². The van der Waals surface area contributed by atoms with E-state index in [1.807, 2.05) is 19.3 Å². The Labute approximate surface area is 122 Å². The number of ether oxygens (including phenoxy) is 1. The second-order valence-corrected chi connectivity index (χ2v) is 4.91. The van der Waals surface area contributed by atoms with E-state index < -0.39 is 0 Å². The van der Waals surface area contributed by atoms with Gasteiger partial charge in [0, 0.05) is 25.3 Å². The summed E-state index contributed by atoms with van der Waals surface area (Å²) >= 11 is 5.78. The first-order valence-corrected chi connectivity index (χ1v) is 6.53. The van der Waals surface area contributed by atoms with Gasteiger partial charge < -0.3 is 9.64 Å². The van der Waals surface area contributed by atoms with Crippen LogP contribution in [0.1, 0.15) is 5.69 Å². The van der Waals surface area contributed by atoms with Crippen LogP contribution < -0.4 is 4.74 Å². The minimum atomic E-state index is -0.106. The predicted octanol–water partition coefficient (Wildman–Crippen LogP) is 2.11. The van der Waals surface area contributed by atoms with Crippen LogP contribution in [-0.2, 0) is 18.4 Å². The van der Waals surface area contributed by atoms with Gasteiger partial charge in [-0.2, -0.15) is 5.10 Å². The van der Waals surface area contributed by atoms with E-state index in [2.05, 4.69) is 5.10 Å². The molecule has 0 saturated carbocycles. The Morgan fingerprint density at radius 1 is 1.35 bits per heavy atom. The Morgan fingerprint density at radius 3 is 2.65 bits per heavy atom. The molecule has 1 heterocycles. The third-order valence-corrected chi connectivity index (χ3v) is 3.02. The van der Waals surface area contributed by atoms with E-state index in [1.54, 1.807) is 40.9 Å². The molecule has 0 atom stereocenters. The summed E-state index contributed by atoms with van der Waals surface area (Å²) in [5.41, 5.74) is 0.842. The van der Waals surface area contributed by atoms with Crippen molar-refractivity contribution >= 4 is 17.5 Å². The maximum atomic E-state index is 11.9. The van der Waals surface area contributed by atoms with Gasteiger partial charge in [-0.15, -0.1) is 0 Å². The predicted molar refractivity (Wildman–Crippen MR) is 76.6 cm³/mol. The first-order chi connectivity index (χ1) is 9.54. The number of halogens is 1. The van der Waals surface area contributed by atoms with Gasteiger partial charge in [-0.05, 0) is 30.3 Å². The smallest absolute Gasteiger partial charge is 0.260 e. The maximum absolute atomic E-state index is 11.9.